The van der Waals surface area contributed by atoms with Gasteiger partial charge >= 0.3 is 0 Å². The zero-order valence-corrected chi connectivity index (χ0v) is 13.6. The van der Waals surface area contributed by atoms with Crippen LogP contribution >= 0.6 is 0 Å². The van der Waals surface area contributed by atoms with E-state index in [1.807, 2.05) is 0 Å². The molecule has 2 heterocycles. The van der Waals surface area contributed by atoms with E-state index < -0.39 is 5.91 Å². The highest BCUT2D eigenvalue weighted by atomic mass is 16.6. The zero-order valence-electron chi connectivity index (χ0n) is 13.6. The number of nitrogens with two attached hydrogens (primary N) is 1. The molecule has 3 rings (SSSR count). The number of carbonyl (C=O) groups is 1. The summed E-state index contributed by atoms with van der Waals surface area (Å²) in [6.45, 7) is 0.0773. The van der Waals surface area contributed by atoms with Crippen LogP contribution in [0.1, 0.15) is 35.4 Å². The number of hydrazine groups is 1. The van der Waals surface area contributed by atoms with E-state index in [2.05, 4.69) is 48.3 Å². The summed E-state index contributed by atoms with van der Waals surface area (Å²) in [6.07, 6.45) is 8.84. The fourth-order valence-corrected chi connectivity index (χ4v) is 2.37. The minimum absolute atomic E-state index is 0.0300. The molecule has 0 saturated carbocycles. The summed E-state index contributed by atoms with van der Waals surface area (Å²) < 4.78 is 10.9. The van der Waals surface area contributed by atoms with Crippen molar-refractivity contribution < 1.29 is 14.2 Å². The maximum atomic E-state index is 12.4. The lowest BCUT2D eigenvalue weighted by Crippen LogP contribution is -2.35. The summed E-state index contributed by atoms with van der Waals surface area (Å²) in [5.41, 5.74) is 12.7. The van der Waals surface area contributed by atoms with Crippen molar-refractivity contribution in [3.63, 3.8) is 0 Å². The van der Waals surface area contributed by atoms with Crippen LogP contribution in [-0.2, 0) is 11.3 Å². The second kappa shape index (κ2) is 7.57. The molecule has 0 bridgehead atoms. The van der Waals surface area contributed by atoms with Crippen LogP contribution in [0.15, 0.2) is 28.6 Å². The molecule has 0 unspecified atom stereocenters. The lowest BCUT2D eigenvalue weighted by molar-refractivity contribution is 0.0930. The maximum absolute atomic E-state index is 12.4. The van der Waals surface area contributed by atoms with E-state index in [0.29, 0.717) is 5.69 Å². The van der Waals surface area contributed by atoms with E-state index in [9.17, 15) is 4.79 Å². The van der Waals surface area contributed by atoms with E-state index in [4.69, 9.17) is 10.5 Å². The van der Waals surface area contributed by atoms with Crippen LogP contribution in [0.3, 0.4) is 0 Å². The van der Waals surface area contributed by atoms with Gasteiger partial charge in [0.1, 0.15) is 5.69 Å². The number of amides is 1. The number of aromatic nitrogens is 5. The number of anilines is 1. The van der Waals surface area contributed by atoms with Crippen LogP contribution in [0.2, 0.25) is 0 Å². The standard InChI is InChI=1S/C14H18N8O3/c1-24-8-10-11(17-21-22(10)13-12(15)19-25-20-13)14(23)18-16-7-9-5-3-2-4-6-9/h2-3,7,16H,4-6,8H2,1H3,(H2,15,19)(H,18,23). The van der Waals surface area contributed by atoms with Crippen molar-refractivity contribution in [2.45, 2.75) is 25.9 Å². The highest BCUT2D eigenvalue weighted by Gasteiger charge is 2.23. The zero-order chi connectivity index (χ0) is 17.6. The fourth-order valence-electron chi connectivity index (χ4n) is 2.37. The second-order valence-electron chi connectivity index (χ2n) is 5.32. The van der Waals surface area contributed by atoms with Crippen molar-refractivity contribution in [2.75, 3.05) is 12.8 Å². The van der Waals surface area contributed by atoms with E-state index in [1.165, 1.54) is 17.4 Å². The maximum Gasteiger partial charge on any atom is 0.292 e. The lowest BCUT2D eigenvalue weighted by atomic mass is 10.0. The van der Waals surface area contributed by atoms with Gasteiger partial charge in [0.15, 0.2) is 5.69 Å². The molecule has 1 aliphatic rings. The molecule has 0 fully saturated rings. The van der Waals surface area contributed by atoms with Gasteiger partial charge < -0.3 is 15.9 Å². The largest absolute Gasteiger partial charge is 0.378 e. The first-order chi connectivity index (χ1) is 12.2. The average Bonchev–Trinajstić information content (AvgIpc) is 3.22. The quantitative estimate of drug-likeness (QED) is 0.494. The summed E-state index contributed by atoms with van der Waals surface area (Å²) in [5, 5.41) is 14.9. The molecule has 1 aliphatic carbocycles. The molecule has 0 aromatic carbocycles. The minimum atomic E-state index is -0.462. The van der Waals surface area contributed by atoms with Gasteiger partial charge in [-0.25, -0.2) is 4.63 Å². The third-order valence-corrected chi connectivity index (χ3v) is 3.60. The predicted molar refractivity (Wildman–Crippen MR) is 86.0 cm³/mol. The number of methoxy groups -OCH3 is 1. The van der Waals surface area contributed by atoms with Gasteiger partial charge in [-0.15, -0.1) is 5.10 Å². The SMILES string of the molecule is COCc1c(C(=O)NNC=C2CC=CCC2)nnn1-c1nonc1N. The molecule has 0 spiro atoms. The van der Waals surface area contributed by atoms with Crippen LogP contribution in [0.25, 0.3) is 5.82 Å². The number of nitrogens with zero attached hydrogens (tertiary/aromatic N) is 5. The number of hydrogen-bond acceptors (Lipinski definition) is 9. The molecule has 4 N–H and O–H groups in total. The molecule has 0 aliphatic heterocycles. The number of nitrogen functional groups attached to an aromatic ring is 1. The Kier molecular flexibility index (Phi) is 5.04. The fraction of sp³-hybridized carbons (Fsp3) is 0.357. The van der Waals surface area contributed by atoms with E-state index in [0.717, 1.165) is 19.3 Å². The number of rotatable bonds is 6. The molecule has 25 heavy (non-hydrogen) atoms. The number of nitrogens with one attached hydrogen (secondary N) is 2. The monoisotopic (exact) mass is 346 g/mol. The highest BCUT2D eigenvalue weighted by Crippen LogP contribution is 2.17. The number of allylic oxidation sites excluding steroid dienone is 3. The third kappa shape index (κ3) is 3.66. The predicted octanol–water partition coefficient (Wildman–Crippen LogP) is 0.237. The van der Waals surface area contributed by atoms with Gasteiger partial charge in [0.25, 0.3) is 5.91 Å². The molecule has 2 aromatic rings. The number of ether oxygens (including phenoxy) is 1. The van der Waals surface area contributed by atoms with Gasteiger partial charge in [0, 0.05) is 13.3 Å². The molecule has 0 radical (unpaired) electrons. The van der Waals surface area contributed by atoms with Crippen LogP contribution in [0.5, 0.6) is 0 Å². The first kappa shape index (κ1) is 16.6. The third-order valence-electron chi connectivity index (χ3n) is 3.60. The Balaban J connectivity index is 1.75. The van der Waals surface area contributed by atoms with Gasteiger partial charge in [-0.3, -0.25) is 10.2 Å². The highest BCUT2D eigenvalue weighted by molar-refractivity contribution is 5.93. The van der Waals surface area contributed by atoms with E-state index in [-0.39, 0.29) is 23.9 Å². The first-order valence-corrected chi connectivity index (χ1v) is 7.61. The van der Waals surface area contributed by atoms with Crippen molar-refractivity contribution in [1.29, 1.82) is 0 Å². The average molecular weight is 346 g/mol. The molecule has 1 amide bonds. The summed E-state index contributed by atoms with van der Waals surface area (Å²) in [7, 11) is 1.49. The van der Waals surface area contributed by atoms with Gasteiger partial charge in [-0.1, -0.05) is 17.4 Å². The van der Waals surface area contributed by atoms with E-state index in [1.54, 1.807) is 6.20 Å². The van der Waals surface area contributed by atoms with Gasteiger partial charge in [0.05, 0.1) is 6.61 Å². The van der Waals surface area contributed by atoms with E-state index >= 15 is 0 Å². The second-order valence-corrected chi connectivity index (χ2v) is 5.32. The normalized spacial score (nSPS) is 15.5. The summed E-state index contributed by atoms with van der Waals surface area (Å²) in [5.74, 6) is -0.290. The van der Waals surface area contributed by atoms with Crippen LogP contribution in [0.4, 0.5) is 5.82 Å². The van der Waals surface area contributed by atoms with Crippen molar-refractivity contribution in [3.05, 3.63) is 35.3 Å². The van der Waals surface area contributed by atoms with Crippen LogP contribution in [-0.4, -0.2) is 38.3 Å². The first-order valence-electron chi connectivity index (χ1n) is 7.61. The van der Waals surface area contributed by atoms with Crippen molar-refractivity contribution in [2.24, 2.45) is 0 Å². The Morgan fingerprint density at radius 2 is 2.36 bits per heavy atom. The van der Waals surface area contributed by atoms with Crippen LogP contribution < -0.4 is 16.6 Å². The summed E-state index contributed by atoms with van der Waals surface area (Å²) in [6, 6.07) is 0. The smallest absolute Gasteiger partial charge is 0.292 e. The molecular weight excluding hydrogens is 328 g/mol. The topological polar surface area (TPSA) is 146 Å². The van der Waals surface area contributed by atoms with Gasteiger partial charge in [0.2, 0.25) is 11.6 Å². The number of carbonyl (C=O) groups excluding carboxylic acids is 1. The molecule has 0 atom stereocenters. The minimum Gasteiger partial charge on any atom is -0.378 e. The van der Waals surface area contributed by atoms with Crippen molar-refractivity contribution in [1.82, 2.24) is 36.2 Å². The molecule has 2 aromatic heterocycles. The van der Waals surface area contributed by atoms with Gasteiger partial charge in [-0.05, 0) is 35.1 Å². The Hall–Kier alpha value is -3.21. The number of hydrogen-bond donors (Lipinski definition) is 3. The molecule has 0 saturated heterocycles. The molecular formula is C14H18N8O3. The van der Waals surface area contributed by atoms with Crippen molar-refractivity contribution >= 4 is 11.7 Å². The summed E-state index contributed by atoms with van der Waals surface area (Å²) >= 11 is 0. The molecule has 11 heteroatoms. The molecule has 11 nitrogen and oxygen atoms in total. The Labute approximate surface area is 142 Å². The van der Waals surface area contributed by atoms with Crippen molar-refractivity contribution in [3.8, 4) is 5.82 Å². The van der Waals surface area contributed by atoms with Crippen LogP contribution in [0, 0.1) is 0 Å². The Morgan fingerprint density at radius 1 is 1.48 bits per heavy atom. The lowest BCUT2D eigenvalue weighted by Gasteiger charge is -2.10. The van der Waals surface area contributed by atoms with Gasteiger partial charge in [-0.2, -0.15) is 4.68 Å². The Bertz CT molecular complexity index is 807. The summed E-state index contributed by atoms with van der Waals surface area (Å²) in [4.78, 5) is 12.4. The Morgan fingerprint density at radius 3 is 3.04 bits per heavy atom. The molecule has 132 valence electrons.